The number of H-pyrrole nitrogens is 1. The minimum absolute atomic E-state index is 0.00100. The molecular weight excluding hydrogens is 489 g/mol. The van der Waals surface area contributed by atoms with Crippen molar-refractivity contribution in [1.29, 1.82) is 0 Å². The summed E-state index contributed by atoms with van der Waals surface area (Å²) in [6, 6.07) is 4.45. The Morgan fingerprint density at radius 1 is 1.17 bits per heavy atom. The molecule has 11 heteroatoms. The number of hydrogen-bond acceptors (Lipinski definition) is 5. The lowest BCUT2D eigenvalue weighted by Crippen LogP contribution is -2.44. The number of aromatic amines is 1. The van der Waals surface area contributed by atoms with E-state index >= 15 is 0 Å². The van der Waals surface area contributed by atoms with E-state index in [-0.39, 0.29) is 17.9 Å². The Labute approximate surface area is 215 Å². The normalized spacial score (nSPS) is 12.2. The van der Waals surface area contributed by atoms with Gasteiger partial charge in [-0.05, 0) is 64.7 Å². The largest absolute Gasteiger partial charge is 0.339 e. The SMILES string of the molecule is CCc1n[nH]c(C)c1-c1ccc(NC(=O)C(CCCC(Cl)Cl)NC(=O)c2ccnn2C(C)C)nc1. The van der Waals surface area contributed by atoms with Crippen molar-refractivity contribution in [2.75, 3.05) is 5.32 Å². The van der Waals surface area contributed by atoms with Crippen LogP contribution in [0.25, 0.3) is 11.1 Å². The van der Waals surface area contributed by atoms with Gasteiger partial charge in [0.15, 0.2) is 0 Å². The highest BCUT2D eigenvalue weighted by atomic mass is 35.5. The Morgan fingerprint density at radius 3 is 2.57 bits per heavy atom. The second kappa shape index (κ2) is 12.2. The summed E-state index contributed by atoms with van der Waals surface area (Å²) in [6.07, 6.45) is 5.49. The van der Waals surface area contributed by atoms with E-state index in [1.165, 1.54) is 0 Å². The van der Waals surface area contributed by atoms with Crippen LogP contribution in [0, 0.1) is 6.92 Å². The number of nitrogens with one attached hydrogen (secondary N) is 3. The molecule has 9 nitrogen and oxygen atoms in total. The van der Waals surface area contributed by atoms with Crippen molar-refractivity contribution in [1.82, 2.24) is 30.3 Å². The van der Waals surface area contributed by atoms with E-state index in [0.717, 1.165) is 28.9 Å². The maximum atomic E-state index is 13.1. The van der Waals surface area contributed by atoms with Crippen LogP contribution >= 0.6 is 23.2 Å². The summed E-state index contributed by atoms with van der Waals surface area (Å²) in [4.78, 5) is 29.9. The zero-order valence-corrected chi connectivity index (χ0v) is 21.8. The van der Waals surface area contributed by atoms with Crippen LogP contribution in [0.4, 0.5) is 5.82 Å². The molecule has 1 atom stereocenters. The summed E-state index contributed by atoms with van der Waals surface area (Å²) < 4.78 is 1.61. The first-order chi connectivity index (χ1) is 16.7. The summed E-state index contributed by atoms with van der Waals surface area (Å²) >= 11 is 11.7. The molecule has 3 rings (SSSR count). The molecule has 0 bridgehead atoms. The van der Waals surface area contributed by atoms with E-state index in [2.05, 4.69) is 30.9 Å². The monoisotopic (exact) mass is 519 g/mol. The summed E-state index contributed by atoms with van der Waals surface area (Å²) in [7, 11) is 0. The average molecular weight is 520 g/mol. The van der Waals surface area contributed by atoms with Gasteiger partial charge in [0, 0.05) is 35.3 Å². The van der Waals surface area contributed by atoms with E-state index in [0.29, 0.717) is 30.8 Å². The molecule has 0 radical (unpaired) electrons. The number of pyridine rings is 1. The third kappa shape index (κ3) is 6.82. The molecule has 3 aromatic rings. The van der Waals surface area contributed by atoms with Crippen LogP contribution in [-0.4, -0.2) is 47.7 Å². The summed E-state index contributed by atoms with van der Waals surface area (Å²) in [5, 5.41) is 17.2. The van der Waals surface area contributed by atoms with E-state index in [4.69, 9.17) is 23.2 Å². The van der Waals surface area contributed by atoms with Crippen molar-refractivity contribution in [3.63, 3.8) is 0 Å². The smallest absolute Gasteiger partial charge is 0.270 e. The van der Waals surface area contributed by atoms with Gasteiger partial charge in [-0.1, -0.05) is 6.92 Å². The quantitative estimate of drug-likeness (QED) is 0.313. The molecule has 3 aromatic heterocycles. The van der Waals surface area contributed by atoms with Gasteiger partial charge >= 0.3 is 0 Å². The topological polar surface area (TPSA) is 118 Å². The number of nitrogens with zero attached hydrogens (tertiary/aromatic N) is 4. The van der Waals surface area contributed by atoms with Crippen molar-refractivity contribution in [3.8, 4) is 11.1 Å². The predicted molar refractivity (Wildman–Crippen MR) is 138 cm³/mol. The standard InChI is InChI=1S/C24H31Cl2N7O2/c1-5-17-22(15(4)31-32-17)16-9-10-21(27-13-16)30-23(34)18(7-6-8-20(25)26)29-24(35)19-11-12-28-33(19)14(2)3/h9-14,18,20H,5-8H2,1-4H3,(H,29,35)(H,31,32)(H,27,30,34). The number of amides is 2. The van der Waals surface area contributed by atoms with Crippen molar-refractivity contribution < 1.29 is 9.59 Å². The fourth-order valence-corrected chi connectivity index (χ4v) is 4.14. The second-order valence-corrected chi connectivity index (χ2v) is 9.83. The molecule has 3 heterocycles. The molecule has 35 heavy (non-hydrogen) atoms. The molecule has 3 N–H and O–H groups in total. The lowest BCUT2D eigenvalue weighted by Gasteiger charge is -2.19. The molecule has 0 saturated heterocycles. The zero-order chi connectivity index (χ0) is 25.5. The van der Waals surface area contributed by atoms with Gasteiger partial charge in [0.1, 0.15) is 22.4 Å². The maximum absolute atomic E-state index is 13.1. The molecule has 0 aromatic carbocycles. The molecule has 2 amide bonds. The van der Waals surface area contributed by atoms with Gasteiger partial charge in [-0.15, -0.1) is 23.2 Å². The molecule has 0 spiro atoms. The van der Waals surface area contributed by atoms with E-state index in [1.54, 1.807) is 29.2 Å². The molecular formula is C24H31Cl2N7O2. The first-order valence-corrected chi connectivity index (χ1v) is 12.5. The van der Waals surface area contributed by atoms with Crippen LogP contribution in [0.2, 0.25) is 0 Å². The van der Waals surface area contributed by atoms with Gasteiger partial charge in [-0.3, -0.25) is 19.4 Å². The zero-order valence-electron chi connectivity index (χ0n) is 20.3. The number of aryl methyl sites for hydroxylation is 2. The summed E-state index contributed by atoms with van der Waals surface area (Å²) in [6.45, 7) is 7.86. The number of halogens is 2. The van der Waals surface area contributed by atoms with Gasteiger partial charge in [-0.25, -0.2) is 4.98 Å². The van der Waals surface area contributed by atoms with Crippen LogP contribution in [0.1, 0.15) is 68.0 Å². The van der Waals surface area contributed by atoms with Crippen molar-refractivity contribution in [3.05, 3.63) is 47.7 Å². The number of aromatic nitrogens is 5. The van der Waals surface area contributed by atoms with Gasteiger partial charge in [0.05, 0.1) is 5.69 Å². The van der Waals surface area contributed by atoms with Crippen LogP contribution in [0.15, 0.2) is 30.6 Å². The highest BCUT2D eigenvalue weighted by molar-refractivity contribution is 6.44. The molecule has 188 valence electrons. The summed E-state index contributed by atoms with van der Waals surface area (Å²) in [5.74, 6) is -0.365. The maximum Gasteiger partial charge on any atom is 0.270 e. The van der Waals surface area contributed by atoms with Crippen LogP contribution in [0.5, 0.6) is 0 Å². The number of anilines is 1. The third-order valence-corrected chi connectivity index (χ3v) is 6.03. The Kier molecular flexibility index (Phi) is 9.28. The van der Waals surface area contributed by atoms with Crippen molar-refractivity contribution >= 4 is 40.8 Å². The number of rotatable bonds is 11. The fraction of sp³-hybridized carbons (Fsp3) is 0.458. The van der Waals surface area contributed by atoms with Gasteiger partial charge < -0.3 is 10.6 Å². The highest BCUT2D eigenvalue weighted by Gasteiger charge is 2.24. The number of alkyl halides is 2. The van der Waals surface area contributed by atoms with E-state index in [1.807, 2.05) is 33.8 Å². The molecule has 0 saturated carbocycles. The second-order valence-electron chi connectivity index (χ2n) is 8.55. The Bertz CT molecular complexity index is 1140. The first-order valence-electron chi connectivity index (χ1n) is 11.6. The Morgan fingerprint density at radius 2 is 1.94 bits per heavy atom. The first kappa shape index (κ1) is 26.7. The van der Waals surface area contributed by atoms with Crippen LogP contribution < -0.4 is 10.6 Å². The number of hydrogen-bond donors (Lipinski definition) is 3. The van der Waals surface area contributed by atoms with Crippen molar-refractivity contribution in [2.45, 2.75) is 70.3 Å². The lowest BCUT2D eigenvalue weighted by molar-refractivity contribution is -0.118. The minimum atomic E-state index is -0.797. The average Bonchev–Trinajstić information content (AvgIpc) is 3.45. The molecule has 1 unspecified atom stereocenters. The molecule has 0 aliphatic carbocycles. The van der Waals surface area contributed by atoms with E-state index in [9.17, 15) is 9.59 Å². The van der Waals surface area contributed by atoms with Crippen molar-refractivity contribution in [2.24, 2.45) is 0 Å². The molecule has 0 aliphatic rings. The molecule has 0 aliphatic heterocycles. The predicted octanol–water partition coefficient (Wildman–Crippen LogP) is 4.83. The lowest BCUT2D eigenvalue weighted by atomic mass is 10.0. The third-order valence-electron chi connectivity index (χ3n) is 5.59. The van der Waals surface area contributed by atoms with Crippen LogP contribution in [0.3, 0.4) is 0 Å². The number of carbonyl (C=O) groups is 2. The Balaban J connectivity index is 1.74. The number of carbonyl (C=O) groups excluding carboxylic acids is 2. The van der Waals surface area contributed by atoms with Gasteiger partial charge in [0.2, 0.25) is 5.91 Å². The van der Waals surface area contributed by atoms with Crippen LogP contribution in [-0.2, 0) is 11.2 Å². The highest BCUT2D eigenvalue weighted by Crippen LogP contribution is 2.26. The Hall–Kier alpha value is -2.91. The fourth-order valence-electron chi connectivity index (χ4n) is 3.83. The van der Waals surface area contributed by atoms with E-state index < -0.39 is 10.9 Å². The van der Waals surface area contributed by atoms with Gasteiger partial charge in [-0.2, -0.15) is 10.2 Å². The van der Waals surface area contributed by atoms with Gasteiger partial charge in [0.25, 0.3) is 5.91 Å². The minimum Gasteiger partial charge on any atom is -0.339 e. The molecule has 0 fully saturated rings. The summed E-state index contributed by atoms with van der Waals surface area (Å²) in [5.41, 5.74) is 4.23.